The molecular weight excluding hydrogens is 416 g/mol. The van der Waals surface area contributed by atoms with Crippen LogP contribution < -0.4 is 5.32 Å². The third-order valence-electron chi connectivity index (χ3n) is 5.35. The monoisotopic (exact) mass is 440 g/mol. The highest BCUT2D eigenvalue weighted by Crippen LogP contribution is 2.33. The molecule has 4 rings (SSSR count). The highest BCUT2D eigenvalue weighted by atomic mass is 32.2. The Labute approximate surface area is 181 Å². The number of carbonyl (C=O) groups is 1. The average Bonchev–Trinajstić information content (AvgIpc) is 3.46. The van der Waals surface area contributed by atoms with E-state index in [0.29, 0.717) is 29.4 Å². The molecule has 0 spiro atoms. The van der Waals surface area contributed by atoms with Crippen LogP contribution in [0.2, 0.25) is 0 Å². The first-order chi connectivity index (χ1) is 14.4. The summed E-state index contributed by atoms with van der Waals surface area (Å²) in [5.41, 5.74) is 3.61. The second kappa shape index (κ2) is 8.71. The molecule has 1 N–H and O–H groups in total. The van der Waals surface area contributed by atoms with E-state index < -0.39 is 10.0 Å². The molecule has 0 aliphatic carbocycles. The molecule has 1 aliphatic rings. The minimum atomic E-state index is -3.42. The molecule has 3 aromatic rings. The van der Waals surface area contributed by atoms with E-state index in [1.54, 1.807) is 16.4 Å². The lowest BCUT2D eigenvalue weighted by Crippen LogP contribution is -2.27. The van der Waals surface area contributed by atoms with Crippen molar-refractivity contribution in [2.75, 3.05) is 13.1 Å². The fourth-order valence-electron chi connectivity index (χ4n) is 3.57. The average molecular weight is 441 g/mol. The predicted octanol–water partition coefficient (Wildman–Crippen LogP) is 4.44. The van der Waals surface area contributed by atoms with Gasteiger partial charge < -0.3 is 5.32 Å². The molecule has 2 heterocycles. The maximum absolute atomic E-state index is 12.8. The lowest BCUT2D eigenvalue weighted by molar-refractivity contribution is 0.0951. The van der Waals surface area contributed by atoms with Gasteiger partial charge in [-0.2, -0.15) is 4.31 Å². The molecule has 2 aromatic carbocycles. The summed E-state index contributed by atoms with van der Waals surface area (Å²) in [5, 5.41) is 2.96. The van der Waals surface area contributed by atoms with Crippen molar-refractivity contribution in [1.82, 2.24) is 9.62 Å². The summed E-state index contributed by atoms with van der Waals surface area (Å²) >= 11 is 1.25. The quantitative estimate of drug-likeness (QED) is 0.616. The van der Waals surface area contributed by atoms with Gasteiger partial charge in [0, 0.05) is 30.1 Å². The third-order valence-corrected chi connectivity index (χ3v) is 8.85. The first-order valence-electron chi connectivity index (χ1n) is 9.98. The molecule has 156 valence electrons. The summed E-state index contributed by atoms with van der Waals surface area (Å²) in [6.07, 6.45) is 1.83. The van der Waals surface area contributed by atoms with Crippen LogP contribution in [0.25, 0.3) is 10.4 Å². The number of benzene rings is 2. The number of aryl methyl sites for hydroxylation is 1. The van der Waals surface area contributed by atoms with Crippen LogP contribution in [-0.4, -0.2) is 31.7 Å². The van der Waals surface area contributed by atoms with Crippen molar-refractivity contribution in [3.8, 4) is 10.4 Å². The maximum Gasteiger partial charge on any atom is 0.252 e. The van der Waals surface area contributed by atoms with E-state index in [9.17, 15) is 13.2 Å². The number of nitrogens with one attached hydrogen (secondary N) is 1. The SMILES string of the molecule is Cc1ccccc1CNC(=O)c1cccc(-c2ccc(S(=O)(=O)N3CCCC3)s2)c1. The van der Waals surface area contributed by atoms with E-state index in [0.717, 1.165) is 34.4 Å². The smallest absolute Gasteiger partial charge is 0.252 e. The summed E-state index contributed by atoms with van der Waals surface area (Å²) in [7, 11) is -3.42. The molecule has 5 nitrogen and oxygen atoms in total. The summed E-state index contributed by atoms with van der Waals surface area (Å²) in [4.78, 5) is 13.5. The van der Waals surface area contributed by atoms with Crippen LogP contribution in [0.4, 0.5) is 0 Å². The van der Waals surface area contributed by atoms with E-state index in [4.69, 9.17) is 0 Å². The molecule has 1 amide bonds. The maximum atomic E-state index is 12.8. The molecule has 7 heteroatoms. The molecular formula is C23H24N2O3S2. The fourth-order valence-corrected chi connectivity index (χ4v) is 6.54. The summed E-state index contributed by atoms with van der Waals surface area (Å²) < 4.78 is 27.5. The Kier molecular flexibility index (Phi) is 6.04. The van der Waals surface area contributed by atoms with Crippen molar-refractivity contribution in [1.29, 1.82) is 0 Å². The molecule has 0 saturated carbocycles. The van der Waals surface area contributed by atoms with Crippen molar-refractivity contribution >= 4 is 27.3 Å². The van der Waals surface area contributed by atoms with Gasteiger partial charge in [0.1, 0.15) is 4.21 Å². The third kappa shape index (κ3) is 4.33. The van der Waals surface area contributed by atoms with Crippen LogP contribution in [0.1, 0.15) is 34.3 Å². The minimum Gasteiger partial charge on any atom is -0.348 e. The highest BCUT2D eigenvalue weighted by Gasteiger charge is 2.28. The zero-order valence-corrected chi connectivity index (χ0v) is 18.4. The van der Waals surface area contributed by atoms with Crippen LogP contribution in [-0.2, 0) is 16.6 Å². The van der Waals surface area contributed by atoms with Crippen molar-refractivity contribution in [3.05, 3.63) is 77.4 Å². The van der Waals surface area contributed by atoms with Crippen molar-refractivity contribution in [3.63, 3.8) is 0 Å². The number of nitrogens with zero attached hydrogens (tertiary/aromatic N) is 1. The molecule has 1 saturated heterocycles. The van der Waals surface area contributed by atoms with E-state index in [1.807, 2.05) is 55.5 Å². The normalized spacial score (nSPS) is 14.7. The molecule has 0 unspecified atom stereocenters. The van der Waals surface area contributed by atoms with Crippen molar-refractivity contribution in [2.45, 2.75) is 30.5 Å². The Morgan fingerprint density at radius 3 is 2.57 bits per heavy atom. The number of rotatable bonds is 6. The summed E-state index contributed by atoms with van der Waals surface area (Å²) in [5.74, 6) is -0.151. The first-order valence-corrected chi connectivity index (χ1v) is 12.2. The molecule has 0 radical (unpaired) electrons. The van der Waals surface area contributed by atoms with Gasteiger partial charge in [-0.3, -0.25) is 4.79 Å². The van der Waals surface area contributed by atoms with Crippen molar-refractivity contribution < 1.29 is 13.2 Å². The topological polar surface area (TPSA) is 66.5 Å². The van der Waals surface area contributed by atoms with Crippen LogP contribution in [0.15, 0.2) is 64.9 Å². The van der Waals surface area contributed by atoms with Gasteiger partial charge in [0.15, 0.2) is 0 Å². The molecule has 1 aromatic heterocycles. The van der Waals surface area contributed by atoms with Crippen LogP contribution >= 0.6 is 11.3 Å². The Morgan fingerprint density at radius 2 is 1.80 bits per heavy atom. The zero-order valence-electron chi connectivity index (χ0n) is 16.8. The Morgan fingerprint density at radius 1 is 1.03 bits per heavy atom. The van der Waals surface area contributed by atoms with Crippen LogP contribution in [0, 0.1) is 6.92 Å². The highest BCUT2D eigenvalue weighted by molar-refractivity contribution is 7.91. The number of hydrogen-bond donors (Lipinski definition) is 1. The van der Waals surface area contributed by atoms with Crippen molar-refractivity contribution in [2.24, 2.45) is 0 Å². The fraction of sp³-hybridized carbons (Fsp3) is 0.261. The molecule has 1 aliphatic heterocycles. The lowest BCUT2D eigenvalue weighted by atomic mass is 10.1. The van der Waals surface area contributed by atoms with Gasteiger partial charge in [-0.25, -0.2) is 8.42 Å². The van der Waals surface area contributed by atoms with Crippen LogP contribution in [0.3, 0.4) is 0 Å². The Hall–Kier alpha value is -2.48. The zero-order chi connectivity index (χ0) is 21.1. The van der Waals surface area contributed by atoms with Gasteiger partial charge in [0.25, 0.3) is 15.9 Å². The van der Waals surface area contributed by atoms with Gasteiger partial charge in [-0.1, -0.05) is 36.4 Å². The Balaban J connectivity index is 1.50. The summed E-state index contributed by atoms with van der Waals surface area (Å²) in [6, 6.07) is 18.7. The van der Waals surface area contributed by atoms with E-state index in [-0.39, 0.29) is 5.91 Å². The van der Waals surface area contributed by atoms with Crippen LogP contribution in [0.5, 0.6) is 0 Å². The number of amides is 1. The van der Waals surface area contributed by atoms with E-state index in [2.05, 4.69) is 5.32 Å². The lowest BCUT2D eigenvalue weighted by Gasteiger charge is -2.13. The van der Waals surface area contributed by atoms with Gasteiger partial charge >= 0.3 is 0 Å². The van der Waals surface area contributed by atoms with E-state index >= 15 is 0 Å². The summed E-state index contributed by atoms with van der Waals surface area (Å²) in [6.45, 7) is 3.66. The first kappa shape index (κ1) is 20.8. The largest absolute Gasteiger partial charge is 0.348 e. The Bertz CT molecular complexity index is 1160. The second-order valence-electron chi connectivity index (χ2n) is 7.42. The van der Waals surface area contributed by atoms with E-state index in [1.165, 1.54) is 11.3 Å². The number of carbonyl (C=O) groups excluding carboxylic acids is 1. The molecule has 0 bridgehead atoms. The van der Waals surface area contributed by atoms with Gasteiger partial charge in [0.05, 0.1) is 0 Å². The van der Waals surface area contributed by atoms with Gasteiger partial charge in [-0.05, 0) is 60.7 Å². The number of sulfonamides is 1. The molecule has 1 fully saturated rings. The standard InChI is InChI=1S/C23H24N2O3S2/c1-17-7-2-3-8-20(17)16-24-23(26)19-10-6-9-18(15-19)21-11-12-22(29-21)30(27,28)25-13-4-5-14-25/h2-3,6-12,15H,4-5,13-14,16H2,1H3,(H,24,26). The van der Waals surface area contributed by atoms with Gasteiger partial charge in [0.2, 0.25) is 0 Å². The predicted molar refractivity (Wildman–Crippen MR) is 120 cm³/mol. The minimum absolute atomic E-state index is 0.151. The number of hydrogen-bond acceptors (Lipinski definition) is 4. The molecule has 0 atom stereocenters. The molecule has 30 heavy (non-hydrogen) atoms. The number of thiophene rings is 1. The second-order valence-corrected chi connectivity index (χ2v) is 10.7. The van der Waals surface area contributed by atoms with Gasteiger partial charge in [-0.15, -0.1) is 11.3 Å².